The molecule has 0 bridgehead atoms. The number of hydrogen-bond donors (Lipinski definition) is 0. The van der Waals surface area contributed by atoms with Crippen LogP contribution in [0, 0.1) is 0 Å². The largest absolute Gasteiger partial charge is 0.339 e. The lowest BCUT2D eigenvalue weighted by Gasteiger charge is -2.37. The van der Waals surface area contributed by atoms with Gasteiger partial charge in [-0.3, -0.25) is 9.69 Å². The van der Waals surface area contributed by atoms with Gasteiger partial charge in [-0.1, -0.05) is 0 Å². The number of imidazole rings is 1. The molecule has 0 spiro atoms. The zero-order valence-corrected chi connectivity index (χ0v) is 12.8. The molecule has 2 aliphatic rings. The zero-order valence-electron chi connectivity index (χ0n) is 12.8. The van der Waals surface area contributed by atoms with E-state index in [1.54, 1.807) is 0 Å². The highest BCUT2D eigenvalue weighted by Crippen LogP contribution is 2.21. The molecular weight excluding hydrogens is 264 g/mol. The highest BCUT2D eigenvalue weighted by molar-refractivity contribution is 5.78. The molecule has 21 heavy (non-hydrogen) atoms. The van der Waals surface area contributed by atoms with Gasteiger partial charge >= 0.3 is 0 Å². The fraction of sp³-hybridized carbons (Fsp3) is 0.750. The molecule has 1 aromatic heterocycles. The van der Waals surface area contributed by atoms with Crippen molar-refractivity contribution in [1.29, 1.82) is 0 Å². The van der Waals surface area contributed by atoms with Crippen LogP contribution < -0.4 is 0 Å². The first-order valence-corrected chi connectivity index (χ1v) is 8.30. The Balaban J connectivity index is 1.53. The Hall–Kier alpha value is -1.36. The Bertz CT molecular complexity index is 439. The molecule has 5 nitrogen and oxygen atoms in total. The third-order valence-corrected chi connectivity index (χ3v) is 4.78. The van der Waals surface area contributed by atoms with Gasteiger partial charge < -0.3 is 9.47 Å². The molecule has 5 heteroatoms. The van der Waals surface area contributed by atoms with E-state index in [9.17, 15) is 4.79 Å². The lowest BCUT2D eigenvalue weighted by Crippen LogP contribution is -2.48. The quantitative estimate of drug-likeness (QED) is 0.829. The fourth-order valence-electron chi connectivity index (χ4n) is 3.57. The van der Waals surface area contributed by atoms with Gasteiger partial charge in [-0.05, 0) is 51.6 Å². The maximum Gasteiger partial charge on any atom is 0.236 e. The van der Waals surface area contributed by atoms with Gasteiger partial charge in [-0.25, -0.2) is 4.98 Å². The van der Waals surface area contributed by atoms with Gasteiger partial charge in [0.15, 0.2) is 0 Å². The van der Waals surface area contributed by atoms with Gasteiger partial charge in [0, 0.05) is 31.5 Å². The highest BCUT2D eigenvalue weighted by Gasteiger charge is 2.28. The van der Waals surface area contributed by atoms with Crippen LogP contribution in [0.25, 0.3) is 0 Å². The van der Waals surface area contributed by atoms with Crippen molar-refractivity contribution in [3.63, 3.8) is 0 Å². The summed E-state index contributed by atoms with van der Waals surface area (Å²) in [5.74, 6) is 0.340. The van der Waals surface area contributed by atoms with E-state index in [4.69, 9.17) is 0 Å². The first kappa shape index (κ1) is 14.6. The van der Waals surface area contributed by atoms with Crippen molar-refractivity contribution in [3.8, 4) is 0 Å². The van der Waals surface area contributed by atoms with E-state index in [1.807, 2.05) is 18.7 Å². The third kappa shape index (κ3) is 3.84. The van der Waals surface area contributed by atoms with Gasteiger partial charge in [-0.15, -0.1) is 0 Å². The summed E-state index contributed by atoms with van der Waals surface area (Å²) >= 11 is 0. The molecule has 2 saturated heterocycles. The Labute approximate surface area is 126 Å². The molecule has 0 aliphatic carbocycles. The minimum absolute atomic E-state index is 0.340. The predicted molar refractivity (Wildman–Crippen MR) is 81.9 cm³/mol. The van der Waals surface area contributed by atoms with Gasteiger partial charge in [0.2, 0.25) is 5.91 Å². The number of carbonyl (C=O) groups is 1. The van der Waals surface area contributed by atoms with Crippen molar-refractivity contribution in [2.45, 2.75) is 51.1 Å². The maximum atomic E-state index is 12.6. The molecule has 2 fully saturated rings. The number of piperidine rings is 1. The Morgan fingerprint density at radius 1 is 1.14 bits per heavy atom. The van der Waals surface area contributed by atoms with E-state index < -0.39 is 0 Å². The average molecular weight is 290 g/mol. The molecule has 0 unspecified atom stereocenters. The SMILES string of the molecule is O=C(CN1CCCC1)N1CCCC[C@@H]1CCn1ccnc1. The summed E-state index contributed by atoms with van der Waals surface area (Å²) in [5, 5.41) is 0. The van der Waals surface area contributed by atoms with Crippen molar-refractivity contribution in [1.82, 2.24) is 19.4 Å². The number of rotatable bonds is 5. The van der Waals surface area contributed by atoms with Crippen LogP contribution in [0.3, 0.4) is 0 Å². The van der Waals surface area contributed by atoms with Crippen LogP contribution in [0.1, 0.15) is 38.5 Å². The van der Waals surface area contributed by atoms with Crippen molar-refractivity contribution >= 4 is 5.91 Å². The maximum absolute atomic E-state index is 12.6. The summed E-state index contributed by atoms with van der Waals surface area (Å²) in [6.07, 6.45) is 12.8. The Morgan fingerprint density at radius 2 is 1.95 bits per heavy atom. The van der Waals surface area contributed by atoms with E-state index in [1.165, 1.54) is 19.3 Å². The standard InChI is InChI=1S/C16H26N4O/c21-16(13-18-8-3-4-9-18)20-10-2-1-5-15(20)6-11-19-12-7-17-14-19/h7,12,14-15H,1-6,8-11,13H2/t15-/m1/s1. The molecule has 0 saturated carbocycles. The van der Waals surface area contributed by atoms with Crippen LogP contribution in [0.4, 0.5) is 0 Å². The van der Waals surface area contributed by atoms with E-state index in [0.717, 1.165) is 45.4 Å². The number of nitrogens with zero attached hydrogens (tertiary/aromatic N) is 4. The zero-order chi connectivity index (χ0) is 14.5. The molecule has 1 aromatic rings. The average Bonchev–Trinajstić information content (AvgIpc) is 3.18. The lowest BCUT2D eigenvalue weighted by atomic mass is 9.99. The van der Waals surface area contributed by atoms with Gasteiger partial charge in [0.1, 0.15) is 0 Å². The third-order valence-electron chi connectivity index (χ3n) is 4.78. The molecule has 3 rings (SSSR count). The van der Waals surface area contributed by atoms with Crippen LogP contribution in [-0.4, -0.2) is 57.5 Å². The Morgan fingerprint density at radius 3 is 2.71 bits per heavy atom. The summed E-state index contributed by atoms with van der Waals surface area (Å²) in [5.41, 5.74) is 0. The second-order valence-corrected chi connectivity index (χ2v) is 6.31. The smallest absolute Gasteiger partial charge is 0.236 e. The first-order valence-electron chi connectivity index (χ1n) is 8.30. The predicted octanol–water partition coefficient (Wildman–Crippen LogP) is 1.75. The molecule has 1 amide bonds. The number of aryl methyl sites for hydroxylation is 1. The molecule has 116 valence electrons. The van der Waals surface area contributed by atoms with E-state index in [2.05, 4.69) is 19.4 Å². The topological polar surface area (TPSA) is 41.4 Å². The van der Waals surface area contributed by atoms with Crippen molar-refractivity contribution < 1.29 is 4.79 Å². The molecule has 3 heterocycles. The minimum atomic E-state index is 0.340. The highest BCUT2D eigenvalue weighted by atomic mass is 16.2. The normalized spacial score (nSPS) is 23.6. The van der Waals surface area contributed by atoms with Crippen LogP contribution in [0.5, 0.6) is 0 Å². The number of aromatic nitrogens is 2. The summed E-state index contributed by atoms with van der Waals surface area (Å²) in [6, 6.07) is 0.413. The lowest BCUT2D eigenvalue weighted by molar-refractivity contribution is -0.136. The monoisotopic (exact) mass is 290 g/mol. The Kier molecular flexibility index (Phi) is 4.91. The minimum Gasteiger partial charge on any atom is -0.339 e. The van der Waals surface area contributed by atoms with E-state index in [-0.39, 0.29) is 0 Å². The molecule has 1 atom stereocenters. The second-order valence-electron chi connectivity index (χ2n) is 6.31. The molecule has 0 N–H and O–H groups in total. The van der Waals surface area contributed by atoms with Crippen molar-refractivity contribution in [2.24, 2.45) is 0 Å². The van der Waals surface area contributed by atoms with E-state index in [0.29, 0.717) is 18.5 Å². The number of likely N-dealkylation sites (tertiary alicyclic amines) is 2. The molecule has 2 aliphatic heterocycles. The number of amides is 1. The van der Waals surface area contributed by atoms with E-state index >= 15 is 0 Å². The first-order chi connectivity index (χ1) is 10.3. The van der Waals surface area contributed by atoms with Crippen LogP contribution in [0.15, 0.2) is 18.7 Å². The van der Waals surface area contributed by atoms with Gasteiger partial charge in [0.05, 0.1) is 12.9 Å². The molecule has 0 aromatic carbocycles. The number of hydrogen-bond acceptors (Lipinski definition) is 3. The fourth-order valence-corrected chi connectivity index (χ4v) is 3.57. The van der Waals surface area contributed by atoms with Gasteiger partial charge in [0.25, 0.3) is 0 Å². The summed E-state index contributed by atoms with van der Waals surface area (Å²) < 4.78 is 2.11. The van der Waals surface area contributed by atoms with Gasteiger partial charge in [-0.2, -0.15) is 0 Å². The second kappa shape index (κ2) is 7.07. The summed E-state index contributed by atoms with van der Waals surface area (Å²) in [7, 11) is 0. The van der Waals surface area contributed by atoms with Crippen molar-refractivity contribution in [3.05, 3.63) is 18.7 Å². The molecule has 0 radical (unpaired) electrons. The van der Waals surface area contributed by atoms with Crippen LogP contribution >= 0.6 is 0 Å². The summed E-state index contributed by atoms with van der Waals surface area (Å²) in [6.45, 7) is 4.72. The van der Waals surface area contributed by atoms with Crippen LogP contribution in [-0.2, 0) is 11.3 Å². The summed E-state index contributed by atoms with van der Waals surface area (Å²) in [4.78, 5) is 21.1. The van der Waals surface area contributed by atoms with Crippen LogP contribution in [0.2, 0.25) is 0 Å². The van der Waals surface area contributed by atoms with Crippen molar-refractivity contribution in [2.75, 3.05) is 26.2 Å². The molecular formula is C16H26N4O. The number of carbonyl (C=O) groups excluding carboxylic acids is 1.